The number of nitrogens with zero attached hydrogens (tertiary/aromatic N) is 1. The quantitative estimate of drug-likeness (QED) is 0.764. The average molecular weight is 239 g/mol. The summed E-state index contributed by atoms with van der Waals surface area (Å²) in [6.45, 7) is 0.493. The van der Waals surface area contributed by atoms with Gasteiger partial charge in [0, 0.05) is 0 Å². The average Bonchev–Trinajstić information content (AvgIpc) is 2.82. The fourth-order valence-corrected chi connectivity index (χ4v) is 2.23. The van der Waals surface area contributed by atoms with Crippen LogP contribution in [0.1, 0.15) is 28.4 Å². The third-order valence-electron chi connectivity index (χ3n) is 3.13. The normalized spacial score (nSPS) is 17.2. The van der Waals surface area contributed by atoms with Gasteiger partial charge in [-0.2, -0.15) is 5.26 Å². The van der Waals surface area contributed by atoms with E-state index in [0.717, 1.165) is 16.7 Å². The van der Waals surface area contributed by atoms with Crippen molar-refractivity contribution in [2.75, 3.05) is 0 Å². The van der Waals surface area contributed by atoms with Crippen LogP contribution in [0.15, 0.2) is 42.5 Å². The van der Waals surface area contributed by atoms with Crippen LogP contribution in [0.25, 0.3) is 0 Å². The van der Waals surface area contributed by atoms with Crippen molar-refractivity contribution in [2.45, 2.75) is 12.7 Å². The van der Waals surface area contributed by atoms with Crippen molar-refractivity contribution in [3.63, 3.8) is 0 Å². The first kappa shape index (κ1) is 10.9. The molecule has 1 heterocycles. The van der Waals surface area contributed by atoms with Crippen molar-refractivity contribution in [3.8, 4) is 6.07 Å². The van der Waals surface area contributed by atoms with E-state index in [2.05, 4.69) is 6.07 Å². The van der Waals surface area contributed by atoms with Gasteiger partial charge in [0.05, 0.1) is 18.2 Å². The van der Waals surface area contributed by atoms with Gasteiger partial charge in [-0.05, 0) is 41.0 Å². The molecule has 88 valence electrons. The fourth-order valence-electron chi connectivity index (χ4n) is 2.23. The second-order valence-electron chi connectivity index (χ2n) is 4.27. The minimum Gasteiger partial charge on any atom is -0.364 e. The summed E-state index contributed by atoms with van der Waals surface area (Å²) in [7, 11) is 0. The number of nitriles is 1. The van der Waals surface area contributed by atoms with Crippen LogP contribution >= 0.6 is 0 Å². The van der Waals surface area contributed by atoms with E-state index in [9.17, 15) is 4.39 Å². The topological polar surface area (TPSA) is 33.0 Å². The van der Waals surface area contributed by atoms with Crippen LogP contribution in [0.2, 0.25) is 0 Å². The number of halogens is 1. The Labute approximate surface area is 104 Å². The molecule has 0 saturated heterocycles. The van der Waals surface area contributed by atoms with E-state index < -0.39 is 0 Å². The van der Waals surface area contributed by atoms with Crippen LogP contribution in [0, 0.1) is 17.1 Å². The molecule has 0 N–H and O–H groups in total. The summed E-state index contributed by atoms with van der Waals surface area (Å²) in [4.78, 5) is 0. The molecule has 1 atom stereocenters. The molecule has 0 aliphatic carbocycles. The van der Waals surface area contributed by atoms with Gasteiger partial charge in [0.25, 0.3) is 0 Å². The van der Waals surface area contributed by atoms with Gasteiger partial charge in [-0.1, -0.05) is 18.2 Å². The molecule has 1 aliphatic rings. The summed E-state index contributed by atoms with van der Waals surface area (Å²) in [5.74, 6) is -0.253. The Balaban J connectivity index is 2.00. The highest BCUT2D eigenvalue weighted by Crippen LogP contribution is 2.36. The van der Waals surface area contributed by atoms with Gasteiger partial charge in [-0.3, -0.25) is 0 Å². The molecular formula is C15H10FNO. The maximum Gasteiger partial charge on any atom is 0.123 e. The zero-order valence-corrected chi connectivity index (χ0v) is 9.56. The second-order valence-corrected chi connectivity index (χ2v) is 4.27. The molecule has 3 heteroatoms. The van der Waals surface area contributed by atoms with E-state index in [1.807, 2.05) is 12.1 Å². The van der Waals surface area contributed by atoms with E-state index in [1.54, 1.807) is 18.2 Å². The van der Waals surface area contributed by atoms with Gasteiger partial charge in [-0.25, -0.2) is 4.39 Å². The van der Waals surface area contributed by atoms with Gasteiger partial charge >= 0.3 is 0 Å². The molecule has 0 bridgehead atoms. The summed E-state index contributed by atoms with van der Waals surface area (Å²) < 4.78 is 18.6. The van der Waals surface area contributed by atoms with E-state index in [0.29, 0.717) is 12.2 Å². The number of rotatable bonds is 1. The van der Waals surface area contributed by atoms with Crippen LogP contribution in [-0.4, -0.2) is 0 Å². The zero-order valence-electron chi connectivity index (χ0n) is 9.56. The molecule has 0 fully saturated rings. The second kappa shape index (κ2) is 4.25. The molecule has 0 saturated carbocycles. The summed E-state index contributed by atoms with van der Waals surface area (Å²) in [5.41, 5.74) is 3.65. The number of benzene rings is 2. The summed E-state index contributed by atoms with van der Waals surface area (Å²) >= 11 is 0. The lowest BCUT2D eigenvalue weighted by Gasteiger charge is -2.11. The van der Waals surface area contributed by atoms with Crippen LogP contribution in [-0.2, 0) is 11.3 Å². The number of fused-ring (bicyclic) bond motifs is 1. The molecular weight excluding hydrogens is 229 g/mol. The van der Waals surface area contributed by atoms with Crippen LogP contribution in [0.4, 0.5) is 4.39 Å². The molecule has 1 aliphatic heterocycles. The van der Waals surface area contributed by atoms with Gasteiger partial charge in [0.15, 0.2) is 0 Å². The van der Waals surface area contributed by atoms with Crippen molar-refractivity contribution in [2.24, 2.45) is 0 Å². The molecule has 3 rings (SSSR count). The predicted octanol–water partition coefficient (Wildman–Crippen LogP) is 3.32. The Bertz CT molecular complexity index is 628. The minimum absolute atomic E-state index is 0.159. The monoisotopic (exact) mass is 239 g/mol. The van der Waals surface area contributed by atoms with Gasteiger partial charge in [0.1, 0.15) is 11.9 Å². The molecule has 0 unspecified atom stereocenters. The van der Waals surface area contributed by atoms with Crippen molar-refractivity contribution in [3.05, 3.63) is 70.5 Å². The molecule has 18 heavy (non-hydrogen) atoms. The Morgan fingerprint density at radius 1 is 1.17 bits per heavy atom. The minimum atomic E-state index is -0.253. The van der Waals surface area contributed by atoms with Crippen LogP contribution in [0.3, 0.4) is 0 Å². The number of hydrogen-bond acceptors (Lipinski definition) is 2. The molecule has 2 aromatic rings. The SMILES string of the molecule is N#Cc1ccc2c(c1)CO[C@H]2c1ccc(F)cc1. The van der Waals surface area contributed by atoms with Crippen molar-refractivity contribution < 1.29 is 9.13 Å². The Morgan fingerprint density at radius 3 is 2.67 bits per heavy atom. The van der Waals surface area contributed by atoms with Crippen molar-refractivity contribution in [1.29, 1.82) is 5.26 Å². The highest BCUT2D eigenvalue weighted by Gasteiger charge is 2.24. The lowest BCUT2D eigenvalue weighted by atomic mass is 9.98. The highest BCUT2D eigenvalue weighted by atomic mass is 19.1. The molecule has 0 amide bonds. The van der Waals surface area contributed by atoms with Crippen molar-refractivity contribution >= 4 is 0 Å². The third-order valence-corrected chi connectivity index (χ3v) is 3.13. The molecule has 0 radical (unpaired) electrons. The molecule has 2 aromatic carbocycles. The van der Waals surface area contributed by atoms with E-state index in [-0.39, 0.29) is 11.9 Å². The molecule has 2 nitrogen and oxygen atoms in total. The first-order chi connectivity index (χ1) is 8.78. The highest BCUT2D eigenvalue weighted by molar-refractivity contribution is 5.44. The maximum absolute atomic E-state index is 12.9. The van der Waals surface area contributed by atoms with Gasteiger partial charge in [-0.15, -0.1) is 0 Å². The van der Waals surface area contributed by atoms with Gasteiger partial charge in [0.2, 0.25) is 0 Å². The smallest absolute Gasteiger partial charge is 0.123 e. The number of ether oxygens (including phenoxy) is 1. The van der Waals surface area contributed by atoms with Crippen molar-refractivity contribution in [1.82, 2.24) is 0 Å². The zero-order chi connectivity index (χ0) is 12.5. The lowest BCUT2D eigenvalue weighted by molar-refractivity contribution is 0.0939. The Hall–Kier alpha value is -2.18. The van der Waals surface area contributed by atoms with Crippen LogP contribution < -0.4 is 0 Å². The van der Waals surface area contributed by atoms with E-state index in [1.165, 1.54) is 12.1 Å². The summed E-state index contributed by atoms with van der Waals surface area (Å²) in [6, 6.07) is 14.0. The van der Waals surface area contributed by atoms with E-state index >= 15 is 0 Å². The first-order valence-electron chi connectivity index (χ1n) is 5.68. The number of hydrogen-bond donors (Lipinski definition) is 0. The third kappa shape index (κ3) is 1.77. The fraction of sp³-hybridized carbons (Fsp3) is 0.133. The van der Waals surface area contributed by atoms with E-state index in [4.69, 9.17) is 10.00 Å². The van der Waals surface area contributed by atoms with Gasteiger partial charge < -0.3 is 4.74 Å². The first-order valence-corrected chi connectivity index (χ1v) is 5.68. The van der Waals surface area contributed by atoms with Crippen LogP contribution in [0.5, 0.6) is 0 Å². The summed E-state index contributed by atoms with van der Waals surface area (Å²) in [6.07, 6.45) is -0.159. The Kier molecular flexibility index (Phi) is 2.58. The Morgan fingerprint density at radius 2 is 1.94 bits per heavy atom. The standard InChI is InChI=1S/C15H10FNO/c16-13-4-2-11(3-5-13)15-14-6-1-10(8-17)7-12(14)9-18-15/h1-7,15H,9H2/t15-/m0/s1. The molecule has 0 aromatic heterocycles. The largest absolute Gasteiger partial charge is 0.364 e. The predicted molar refractivity (Wildman–Crippen MR) is 64.2 cm³/mol. The summed E-state index contributed by atoms with van der Waals surface area (Å²) in [5, 5.41) is 8.85. The maximum atomic E-state index is 12.9. The molecule has 0 spiro atoms. The lowest BCUT2D eigenvalue weighted by Crippen LogP contribution is -1.98.